The number of amides is 1. The predicted molar refractivity (Wildman–Crippen MR) is 79.0 cm³/mol. The van der Waals surface area contributed by atoms with Crippen molar-refractivity contribution >= 4 is 17.2 Å². The maximum absolute atomic E-state index is 11.6. The number of carbonyl (C=O) groups excluding carboxylic acids is 1. The van der Waals surface area contributed by atoms with Gasteiger partial charge in [-0.15, -0.1) is 11.3 Å². The summed E-state index contributed by atoms with van der Waals surface area (Å²) >= 11 is 1.44. The van der Waals surface area contributed by atoms with Gasteiger partial charge in [0.15, 0.2) is 0 Å². The molecule has 0 saturated heterocycles. The van der Waals surface area contributed by atoms with Crippen LogP contribution in [0.3, 0.4) is 0 Å². The van der Waals surface area contributed by atoms with E-state index >= 15 is 0 Å². The molecule has 0 radical (unpaired) electrons. The predicted octanol–water partition coefficient (Wildman–Crippen LogP) is 2.03. The van der Waals surface area contributed by atoms with Crippen molar-refractivity contribution in [3.8, 4) is 6.07 Å². The van der Waals surface area contributed by atoms with Gasteiger partial charge in [-0.2, -0.15) is 5.26 Å². The molecule has 0 atom stereocenters. The number of hydrogen-bond acceptors (Lipinski definition) is 4. The Morgan fingerprint density at radius 3 is 2.65 bits per heavy atom. The first kappa shape index (κ1) is 14.3. The molecule has 0 aliphatic carbocycles. The number of benzene rings is 1. The van der Waals surface area contributed by atoms with Gasteiger partial charge in [-0.05, 0) is 17.7 Å². The van der Waals surface area contributed by atoms with Crippen molar-refractivity contribution in [1.82, 2.24) is 10.6 Å². The highest BCUT2D eigenvalue weighted by Gasteiger charge is 2.02. The summed E-state index contributed by atoms with van der Waals surface area (Å²) in [5, 5.41) is 14.6. The Labute approximate surface area is 122 Å². The molecule has 0 unspecified atom stereocenters. The van der Waals surface area contributed by atoms with Crippen LogP contribution in [0.5, 0.6) is 0 Å². The molecular formula is C15H15N3OS. The van der Waals surface area contributed by atoms with Crippen molar-refractivity contribution in [3.63, 3.8) is 0 Å². The Hall–Kier alpha value is -2.16. The minimum atomic E-state index is -0.0362. The molecule has 1 heterocycles. The average molecular weight is 285 g/mol. The second kappa shape index (κ2) is 7.43. The summed E-state index contributed by atoms with van der Waals surface area (Å²) < 4.78 is 0. The van der Waals surface area contributed by atoms with Crippen molar-refractivity contribution in [2.24, 2.45) is 0 Å². The minimum absolute atomic E-state index is 0.0362. The number of hydrogen-bond donors (Lipinski definition) is 2. The third-order valence-corrected chi connectivity index (χ3v) is 3.68. The molecule has 2 rings (SSSR count). The summed E-state index contributed by atoms with van der Waals surface area (Å²) in [5.74, 6) is -0.0362. The van der Waals surface area contributed by atoms with Crippen LogP contribution < -0.4 is 10.6 Å². The number of nitriles is 1. The van der Waals surface area contributed by atoms with E-state index in [0.717, 1.165) is 10.4 Å². The first-order chi connectivity index (χ1) is 9.78. The van der Waals surface area contributed by atoms with Gasteiger partial charge in [0.2, 0.25) is 5.91 Å². The Kier molecular flexibility index (Phi) is 5.30. The lowest BCUT2D eigenvalue weighted by Gasteiger charge is -2.06. The summed E-state index contributed by atoms with van der Waals surface area (Å²) in [5.41, 5.74) is 1.08. The second-order valence-corrected chi connectivity index (χ2v) is 5.41. The third-order valence-electron chi connectivity index (χ3n) is 2.69. The van der Waals surface area contributed by atoms with Crippen LogP contribution in [0.4, 0.5) is 0 Å². The highest BCUT2D eigenvalue weighted by Crippen LogP contribution is 2.14. The molecule has 4 nitrogen and oxygen atoms in total. The monoisotopic (exact) mass is 285 g/mol. The summed E-state index contributed by atoms with van der Waals surface area (Å²) in [6.07, 6.45) is 0. The van der Waals surface area contributed by atoms with Gasteiger partial charge in [0.1, 0.15) is 10.9 Å². The van der Waals surface area contributed by atoms with Crippen LogP contribution in [0.15, 0.2) is 42.5 Å². The zero-order valence-corrected chi connectivity index (χ0v) is 11.7. The number of carbonyl (C=O) groups is 1. The van der Waals surface area contributed by atoms with Crippen LogP contribution in [0.1, 0.15) is 15.3 Å². The summed E-state index contributed by atoms with van der Waals surface area (Å²) in [6.45, 7) is 1.41. The quantitative estimate of drug-likeness (QED) is 0.853. The Bertz CT molecular complexity index is 601. The first-order valence-corrected chi connectivity index (χ1v) is 7.10. The highest BCUT2D eigenvalue weighted by atomic mass is 32.1. The van der Waals surface area contributed by atoms with Crippen LogP contribution in [0.2, 0.25) is 0 Å². The van der Waals surface area contributed by atoms with Gasteiger partial charge in [0.05, 0.1) is 6.54 Å². The van der Waals surface area contributed by atoms with Crippen LogP contribution in [0, 0.1) is 11.3 Å². The van der Waals surface area contributed by atoms with E-state index in [2.05, 4.69) is 16.7 Å². The van der Waals surface area contributed by atoms with E-state index in [1.807, 2.05) is 36.4 Å². The molecular weight excluding hydrogens is 270 g/mol. The van der Waals surface area contributed by atoms with E-state index in [0.29, 0.717) is 18.0 Å². The lowest BCUT2D eigenvalue weighted by Crippen LogP contribution is -2.33. The van der Waals surface area contributed by atoms with Gasteiger partial charge in [0, 0.05) is 18.0 Å². The van der Waals surface area contributed by atoms with E-state index in [-0.39, 0.29) is 12.5 Å². The van der Waals surface area contributed by atoms with Crippen molar-refractivity contribution in [2.45, 2.75) is 13.1 Å². The van der Waals surface area contributed by atoms with Crippen LogP contribution >= 0.6 is 11.3 Å². The molecule has 5 heteroatoms. The molecule has 0 aliphatic heterocycles. The molecule has 0 fully saturated rings. The molecule has 2 N–H and O–H groups in total. The van der Waals surface area contributed by atoms with Gasteiger partial charge in [-0.1, -0.05) is 30.3 Å². The standard InChI is InChI=1S/C15H15N3OS/c16-8-13-6-7-14(20-13)10-17-11-15(19)18-9-12-4-2-1-3-5-12/h1-7,17H,9-11H2,(H,18,19). The SMILES string of the molecule is N#Cc1ccc(CNCC(=O)NCc2ccccc2)s1. The molecule has 1 aromatic heterocycles. The topological polar surface area (TPSA) is 64.9 Å². The minimum Gasteiger partial charge on any atom is -0.351 e. The number of nitrogens with zero attached hydrogens (tertiary/aromatic N) is 1. The van der Waals surface area contributed by atoms with Crippen molar-refractivity contribution in [1.29, 1.82) is 5.26 Å². The molecule has 1 aromatic carbocycles. The molecule has 1 amide bonds. The fourth-order valence-electron chi connectivity index (χ4n) is 1.69. The van der Waals surface area contributed by atoms with E-state index in [1.165, 1.54) is 11.3 Å². The fourth-order valence-corrected chi connectivity index (χ4v) is 2.47. The fraction of sp³-hybridized carbons (Fsp3) is 0.200. The maximum atomic E-state index is 11.6. The summed E-state index contributed by atoms with van der Waals surface area (Å²) in [6, 6.07) is 15.6. The molecule has 0 spiro atoms. The molecule has 20 heavy (non-hydrogen) atoms. The molecule has 0 aliphatic rings. The largest absolute Gasteiger partial charge is 0.351 e. The normalized spacial score (nSPS) is 9.95. The van der Waals surface area contributed by atoms with Gasteiger partial charge in [-0.3, -0.25) is 4.79 Å². The van der Waals surface area contributed by atoms with E-state index in [9.17, 15) is 4.79 Å². The highest BCUT2D eigenvalue weighted by molar-refractivity contribution is 7.12. The van der Waals surface area contributed by atoms with Crippen molar-refractivity contribution in [2.75, 3.05) is 6.54 Å². The third kappa shape index (κ3) is 4.50. The second-order valence-electron chi connectivity index (χ2n) is 4.24. The molecule has 102 valence electrons. The number of thiophene rings is 1. The molecule has 2 aromatic rings. The first-order valence-electron chi connectivity index (χ1n) is 6.28. The Morgan fingerprint density at radius 1 is 1.15 bits per heavy atom. The van der Waals surface area contributed by atoms with Crippen molar-refractivity contribution < 1.29 is 4.79 Å². The van der Waals surface area contributed by atoms with Crippen LogP contribution in [0.25, 0.3) is 0 Å². The van der Waals surface area contributed by atoms with Crippen molar-refractivity contribution in [3.05, 3.63) is 57.8 Å². The Balaban J connectivity index is 1.66. The lowest BCUT2D eigenvalue weighted by atomic mass is 10.2. The smallest absolute Gasteiger partial charge is 0.234 e. The van der Waals surface area contributed by atoms with Gasteiger partial charge < -0.3 is 10.6 Å². The number of rotatable bonds is 6. The van der Waals surface area contributed by atoms with E-state index in [4.69, 9.17) is 5.26 Å². The van der Waals surface area contributed by atoms with Crippen LogP contribution in [-0.2, 0) is 17.9 Å². The van der Waals surface area contributed by atoms with E-state index in [1.54, 1.807) is 6.07 Å². The zero-order valence-electron chi connectivity index (χ0n) is 10.9. The maximum Gasteiger partial charge on any atom is 0.234 e. The zero-order chi connectivity index (χ0) is 14.2. The van der Waals surface area contributed by atoms with Crippen LogP contribution in [-0.4, -0.2) is 12.5 Å². The summed E-state index contributed by atoms with van der Waals surface area (Å²) in [4.78, 5) is 13.4. The number of nitrogens with one attached hydrogen (secondary N) is 2. The summed E-state index contributed by atoms with van der Waals surface area (Å²) in [7, 11) is 0. The van der Waals surface area contributed by atoms with E-state index < -0.39 is 0 Å². The lowest BCUT2D eigenvalue weighted by molar-refractivity contribution is -0.120. The van der Waals surface area contributed by atoms with Gasteiger partial charge in [-0.25, -0.2) is 0 Å². The average Bonchev–Trinajstić information content (AvgIpc) is 2.94. The molecule has 0 saturated carbocycles. The molecule has 0 bridgehead atoms. The van der Waals surface area contributed by atoms with Gasteiger partial charge >= 0.3 is 0 Å². The van der Waals surface area contributed by atoms with Gasteiger partial charge in [0.25, 0.3) is 0 Å². The Morgan fingerprint density at radius 2 is 1.95 bits per heavy atom.